The zero-order chi connectivity index (χ0) is 15.4. The predicted octanol–water partition coefficient (Wildman–Crippen LogP) is 2.33. The van der Waals surface area contributed by atoms with E-state index in [-0.39, 0.29) is 18.2 Å². The van der Waals surface area contributed by atoms with Gasteiger partial charge in [0.2, 0.25) is 5.91 Å². The third-order valence-electron chi connectivity index (χ3n) is 4.32. The van der Waals surface area contributed by atoms with E-state index < -0.39 is 12.0 Å². The molecule has 4 nitrogen and oxygen atoms in total. The van der Waals surface area contributed by atoms with Crippen molar-refractivity contribution >= 4 is 11.9 Å². The fourth-order valence-corrected chi connectivity index (χ4v) is 2.83. The number of fused-ring (bicyclic) bond motifs is 1. The molecule has 0 fully saturated rings. The van der Waals surface area contributed by atoms with Gasteiger partial charge in [0, 0.05) is 0 Å². The van der Waals surface area contributed by atoms with Gasteiger partial charge in [-0.2, -0.15) is 0 Å². The summed E-state index contributed by atoms with van der Waals surface area (Å²) in [6.45, 7) is 3.77. The van der Waals surface area contributed by atoms with E-state index in [0.717, 1.165) is 24.8 Å². The molecule has 0 spiro atoms. The summed E-state index contributed by atoms with van der Waals surface area (Å²) in [6, 6.07) is 5.34. The van der Waals surface area contributed by atoms with Gasteiger partial charge in [0.05, 0.1) is 6.42 Å². The van der Waals surface area contributed by atoms with Gasteiger partial charge in [-0.25, -0.2) is 4.79 Å². The van der Waals surface area contributed by atoms with Crippen LogP contribution in [0.1, 0.15) is 43.4 Å². The number of carboxylic acid groups (broad SMARTS) is 1. The molecule has 0 saturated carbocycles. The number of benzene rings is 1. The Bertz CT molecular complexity index is 539. The Morgan fingerprint density at radius 3 is 2.67 bits per heavy atom. The van der Waals surface area contributed by atoms with Crippen LogP contribution >= 0.6 is 0 Å². The normalized spacial score (nSPS) is 16.1. The fourth-order valence-electron chi connectivity index (χ4n) is 2.83. The molecule has 1 aliphatic rings. The number of carbonyl (C=O) groups is 2. The SMILES string of the molecule is CCC(C)C(NC(=O)Cc1ccc2c(c1)CCC2)C(=O)O. The largest absolute Gasteiger partial charge is 0.480 e. The summed E-state index contributed by atoms with van der Waals surface area (Å²) in [5.41, 5.74) is 3.67. The number of carboxylic acids is 1. The summed E-state index contributed by atoms with van der Waals surface area (Å²) in [6.07, 6.45) is 4.34. The predicted molar refractivity (Wildman–Crippen MR) is 81.2 cm³/mol. The second kappa shape index (κ2) is 6.74. The molecule has 2 unspecified atom stereocenters. The molecule has 0 heterocycles. The van der Waals surface area contributed by atoms with Gasteiger partial charge in [-0.3, -0.25) is 4.79 Å². The van der Waals surface area contributed by atoms with Crippen LogP contribution < -0.4 is 5.32 Å². The summed E-state index contributed by atoms with van der Waals surface area (Å²) in [5, 5.41) is 11.8. The Morgan fingerprint density at radius 1 is 1.29 bits per heavy atom. The highest BCUT2D eigenvalue weighted by atomic mass is 16.4. The maximum absolute atomic E-state index is 12.1. The topological polar surface area (TPSA) is 66.4 Å². The highest BCUT2D eigenvalue weighted by Gasteiger charge is 2.25. The van der Waals surface area contributed by atoms with E-state index in [1.54, 1.807) is 0 Å². The summed E-state index contributed by atoms with van der Waals surface area (Å²) in [4.78, 5) is 23.3. The zero-order valence-corrected chi connectivity index (χ0v) is 12.7. The molecule has 21 heavy (non-hydrogen) atoms. The fraction of sp³-hybridized carbons (Fsp3) is 0.529. The van der Waals surface area contributed by atoms with Crippen molar-refractivity contribution in [1.29, 1.82) is 0 Å². The van der Waals surface area contributed by atoms with E-state index in [2.05, 4.69) is 17.4 Å². The molecule has 1 aromatic carbocycles. The minimum Gasteiger partial charge on any atom is -0.480 e. The molecule has 2 N–H and O–H groups in total. The molecule has 0 bridgehead atoms. The molecule has 2 atom stereocenters. The van der Waals surface area contributed by atoms with Gasteiger partial charge in [-0.1, -0.05) is 38.5 Å². The van der Waals surface area contributed by atoms with Crippen LogP contribution in [0.25, 0.3) is 0 Å². The van der Waals surface area contributed by atoms with E-state index >= 15 is 0 Å². The highest BCUT2D eigenvalue weighted by molar-refractivity contribution is 5.85. The van der Waals surface area contributed by atoms with Gasteiger partial charge in [0.1, 0.15) is 6.04 Å². The number of carbonyl (C=O) groups excluding carboxylic acids is 1. The molecule has 1 amide bonds. The summed E-state index contributed by atoms with van der Waals surface area (Å²) < 4.78 is 0. The lowest BCUT2D eigenvalue weighted by Gasteiger charge is -2.20. The molecule has 1 aliphatic carbocycles. The maximum Gasteiger partial charge on any atom is 0.326 e. The molecule has 4 heteroatoms. The molecule has 114 valence electrons. The summed E-state index contributed by atoms with van der Waals surface area (Å²) in [5.74, 6) is -1.27. The first-order valence-corrected chi connectivity index (χ1v) is 7.64. The number of aliphatic carboxylic acids is 1. The van der Waals surface area contributed by atoms with Crippen LogP contribution in [0.5, 0.6) is 0 Å². The molecular formula is C17H23NO3. The number of amides is 1. The smallest absolute Gasteiger partial charge is 0.326 e. The molecule has 1 aromatic rings. The van der Waals surface area contributed by atoms with Crippen LogP contribution in [0.3, 0.4) is 0 Å². The Kier molecular flexibility index (Phi) is 4.99. The summed E-state index contributed by atoms with van der Waals surface area (Å²) >= 11 is 0. The Balaban J connectivity index is 1.99. The average Bonchev–Trinajstić information content (AvgIpc) is 2.91. The Morgan fingerprint density at radius 2 is 2.00 bits per heavy atom. The quantitative estimate of drug-likeness (QED) is 0.844. The maximum atomic E-state index is 12.1. The van der Waals surface area contributed by atoms with Gasteiger partial charge >= 0.3 is 5.97 Å². The number of aryl methyl sites for hydroxylation is 2. The van der Waals surface area contributed by atoms with E-state index in [0.29, 0.717) is 0 Å². The second-order valence-corrected chi connectivity index (χ2v) is 5.90. The number of rotatable bonds is 6. The van der Waals surface area contributed by atoms with Crippen LogP contribution in [-0.4, -0.2) is 23.0 Å². The first-order valence-electron chi connectivity index (χ1n) is 7.64. The van der Waals surface area contributed by atoms with Gasteiger partial charge in [-0.05, 0) is 41.9 Å². The standard InChI is InChI=1S/C17H23NO3/c1-3-11(2)16(17(20)21)18-15(19)10-12-7-8-13-5-4-6-14(13)9-12/h7-9,11,16H,3-6,10H2,1-2H3,(H,18,19)(H,20,21). The molecule has 2 rings (SSSR count). The summed E-state index contributed by atoms with van der Waals surface area (Å²) in [7, 11) is 0. The van der Waals surface area contributed by atoms with Gasteiger partial charge in [0.25, 0.3) is 0 Å². The molecular weight excluding hydrogens is 266 g/mol. The van der Waals surface area contributed by atoms with Crippen molar-refractivity contribution in [3.63, 3.8) is 0 Å². The van der Waals surface area contributed by atoms with Crippen molar-refractivity contribution in [1.82, 2.24) is 5.32 Å². The van der Waals surface area contributed by atoms with Crippen LogP contribution in [0.4, 0.5) is 0 Å². The first-order chi connectivity index (χ1) is 10.0. The third kappa shape index (κ3) is 3.84. The molecule has 0 radical (unpaired) electrons. The van der Waals surface area contributed by atoms with Crippen molar-refractivity contribution in [2.75, 3.05) is 0 Å². The van der Waals surface area contributed by atoms with Crippen LogP contribution in [0.2, 0.25) is 0 Å². The highest BCUT2D eigenvalue weighted by Crippen LogP contribution is 2.23. The van der Waals surface area contributed by atoms with Crippen LogP contribution in [0.15, 0.2) is 18.2 Å². The van der Waals surface area contributed by atoms with Crippen molar-refractivity contribution in [3.05, 3.63) is 34.9 Å². The second-order valence-electron chi connectivity index (χ2n) is 5.90. The van der Waals surface area contributed by atoms with Crippen molar-refractivity contribution in [2.45, 2.75) is 52.0 Å². The monoisotopic (exact) mass is 289 g/mol. The molecule has 0 aromatic heterocycles. The lowest BCUT2D eigenvalue weighted by molar-refractivity contribution is -0.143. The third-order valence-corrected chi connectivity index (χ3v) is 4.32. The van der Waals surface area contributed by atoms with Gasteiger partial charge in [-0.15, -0.1) is 0 Å². The number of nitrogens with one attached hydrogen (secondary N) is 1. The van der Waals surface area contributed by atoms with Gasteiger partial charge < -0.3 is 10.4 Å². The van der Waals surface area contributed by atoms with Crippen molar-refractivity contribution < 1.29 is 14.7 Å². The van der Waals surface area contributed by atoms with Crippen LogP contribution in [-0.2, 0) is 28.9 Å². The Hall–Kier alpha value is -1.84. The minimum absolute atomic E-state index is 0.0773. The van der Waals surface area contributed by atoms with Crippen molar-refractivity contribution in [2.24, 2.45) is 5.92 Å². The zero-order valence-electron chi connectivity index (χ0n) is 12.7. The van der Waals surface area contributed by atoms with E-state index in [9.17, 15) is 14.7 Å². The van der Waals surface area contributed by atoms with Gasteiger partial charge in [0.15, 0.2) is 0 Å². The van der Waals surface area contributed by atoms with E-state index in [1.807, 2.05) is 19.9 Å². The Labute approximate surface area is 125 Å². The number of hydrogen-bond acceptors (Lipinski definition) is 2. The minimum atomic E-state index is -0.966. The van der Waals surface area contributed by atoms with E-state index in [1.165, 1.54) is 17.5 Å². The van der Waals surface area contributed by atoms with Crippen LogP contribution in [0, 0.1) is 5.92 Å². The number of hydrogen-bond donors (Lipinski definition) is 2. The molecule has 0 saturated heterocycles. The lowest BCUT2D eigenvalue weighted by atomic mass is 9.98. The van der Waals surface area contributed by atoms with Crippen molar-refractivity contribution in [3.8, 4) is 0 Å². The van der Waals surface area contributed by atoms with E-state index in [4.69, 9.17) is 0 Å². The first kappa shape index (κ1) is 15.5. The molecule has 0 aliphatic heterocycles. The lowest BCUT2D eigenvalue weighted by Crippen LogP contribution is -2.45. The average molecular weight is 289 g/mol.